The molecule has 3 nitrogen and oxygen atoms in total. The molecule has 0 radical (unpaired) electrons. The van der Waals surface area contributed by atoms with Crippen LogP contribution in [0.4, 0.5) is 5.69 Å². The molecule has 1 aliphatic heterocycles. The summed E-state index contributed by atoms with van der Waals surface area (Å²) < 4.78 is 0. The zero-order chi connectivity index (χ0) is 14.0. The number of hydrogen-bond acceptors (Lipinski definition) is 3. The molecular formula is C16H23N3. The molecule has 0 aromatic heterocycles. The monoisotopic (exact) mass is 257 g/mol. The highest BCUT2D eigenvalue weighted by Crippen LogP contribution is 2.28. The summed E-state index contributed by atoms with van der Waals surface area (Å²) in [6.07, 6.45) is 0.574. The maximum Gasteiger partial charge on any atom is 0.0638 e. The zero-order valence-corrected chi connectivity index (χ0v) is 12.3. The second-order valence-electron chi connectivity index (χ2n) is 5.78. The van der Waals surface area contributed by atoms with Gasteiger partial charge < -0.3 is 10.2 Å². The van der Waals surface area contributed by atoms with E-state index in [1.54, 1.807) is 0 Å². The van der Waals surface area contributed by atoms with E-state index in [1.165, 1.54) is 22.4 Å². The summed E-state index contributed by atoms with van der Waals surface area (Å²) in [5, 5.41) is 12.4. The molecule has 3 heteroatoms. The van der Waals surface area contributed by atoms with Crippen molar-refractivity contribution in [1.82, 2.24) is 5.32 Å². The maximum absolute atomic E-state index is 8.90. The zero-order valence-electron chi connectivity index (χ0n) is 12.3. The molecule has 102 valence electrons. The summed E-state index contributed by atoms with van der Waals surface area (Å²) in [6.45, 7) is 10.6. The van der Waals surface area contributed by atoms with Gasteiger partial charge in [-0.05, 0) is 38.8 Å². The van der Waals surface area contributed by atoms with Gasteiger partial charge in [-0.25, -0.2) is 0 Å². The molecule has 1 aromatic carbocycles. The molecule has 1 saturated heterocycles. The fourth-order valence-electron chi connectivity index (χ4n) is 3.27. The predicted molar refractivity (Wildman–Crippen MR) is 79.5 cm³/mol. The Labute approximate surface area is 116 Å². The maximum atomic E-state index is 8.90. The van der Waals surface area contributed by atoms with Crippen LogP contribution in [0.1, 0.15) is 30.0 Å². The largest absolute Gasteiger partial charge is 0.368 e. The minimum Gasteiger partial charge on any atom is -0.368 e. The van der Waals surface area contributed by atoms with E-state index in [0.717, 1.165) is 13.1 Å². The summed E-state index contributed by atoms with van der Waals surface area (Å²) in [5.41, 5.74) is 5.34. The Morgan fingerprint density at radius 3 is 2.47 bits per heavy atom. The summed E-state index contributed by atoms with van der Waals surface area (Å²) in [6, 6.07) is 7.46. The van der Waals surface area contributed by atoms with Crippen LogP contribution in [0, 0.1) is 32.1 Å². The number of benzene rings is 1. The minimum atomic E-state index is 0.272. The Morgan fingerprint density at radius 1 is 1.26 bits per heavy atom. The summed E-state index contributed by atoms with van der Waals surface area (Å²) in [7, 11) is 0. The molecule has 1 heterocycles. The van der Waals surface area contributed by atoms with E-state index in [1.807, 2.05) is 0 Å². The molecule has 2 rings (SSSR count). The Hall–Kier alpha value is -1.53. The van der Waals surface area contributed by atoms with Gasteiger partial charge in [0, 0.05) is 30.9 Å². The lowest BCUT2D eigenvalue weighted by Gasteiger charge is -2.39. The lowest BCUT2D eigenvalue weighted by molar-refractivity contribution is 0.390. The fourth-order valence-corrected chi connectivity index (χ4v) is 3.27. The molecule has 1 N–H and O–H groups in total. The highest BCUT2D eigenvalue weighted by Gasteiger charge is 2.25. The van der Waals surface area contributed by atoms with E-state index >= 15 is 0 Å². The van der Waals surface area contributed by atoms with E-state index in [2.05, 4.69) is 56.1 Å². The first-order valence-corrected chi connectivity index (χ1v) is 6.97. The second-order valence-corrected chi connectivity index (χ2v) is 5.78. The molecule has 0 amide bonds. The van der Waals surface area contributed by atoms with Crippen LogP contribution in [0.5, 0.6) is 0 Å². The van der Waals surface area contributed by atoms with Crippen molar-refractivity contribution in [2.75, 3.05) is 18.0 Å². The van der Waals surface area contributed by atoms with Crippen LogP contribution in [-0.4, -0.2) is 25.2 Å². The van der Waals surface area contributed by atoms with Gasteiger partial charge in [0.05, 0.1) is 12.5 Å². The van der Waals surface area contributed by atoms with Gasteiger partial charge in [0.2, 0.25) is 0 Å². The molecule has 19 heavy (non-hydrogen) atoms. The van der Waals surface area contributed by atoms with Crippen LogP contribution in [0.15, 0.2) is 12.1 Å². The van der Waals surface area contributed by atoms with Gasteiger partial charge >= 0.3 is 0 Å². The van der Waals surface area contributed by atoms with Gasteiger partial charge in [0.1, 0.15) is 0 Å². The number of rotatable bonds is 2. The average molecular weight is 257 g/mol. The number of hydrogen-bond donors (Lipinski definition) is 1. The quantitative estimate of drug-likeness (QED) is 0.885. The fraction of sp³-hybridized carbons (Fsp3) is 0.562. The second kappa shape index (κ2) is 5.63. The van der Waals surface area contributed by atoms with Crippen molar-refractivity contribution in [1.29, 1.82) is 5.26 Å². The van der Waals surface area contributed by atoms with Crippen LogP contribution in [0.3, 0.4) is 0 Å². The topological polar surface area (TPSA) is 39.1 Å². The molecule has 0 aliphatic carbocycles. The number of nitrogens with one attached hydrogen (secondary N) is 1. The summed E-state index contributed by atoms with van der Waals surface area (Å²) in [5.74, 6) is 0. The molecule has 2 unspecified atom stereocenters. The van der Waals surface area contributed by atoms with E-state index in [9.17, 15) is 0 Å². The Bertz CT molecular complexity index is 478. The minimum absolute atomic E-state index is 0.272. The smallest absolute Gasteiger partial charge is 0.0638 e. The Kier molecular flexibility index (Phi) is 4.11. The van der Waals surface area contributed by atoms with Crippen LogP contribution in [0.25, 0.3) is 0 Å². The first-order valence-electron chi connectivity index (χ1n) is 6.97. The molecule has 0 saturated carbocycles. The van der Waals surface area contributed by atoms with Gasteiger partial charge in [0.25, 0.3) is 0 Å². The van der Waals surface area contributed by atoms with Crippen LogP contribution in [-0.2, 0) is 0 Å². The molecule has 0 spiro atoms. The number of nitriles is 1. The number of anilines is 1. The normalized spacial score (nSPS) is 23.2. The average Bonchev–Trinajstić information content (AvgIpc) is 2.26. The van der Waals surface area contributed by atoms with E-state index < -0.39 is 0 Å². The van der Waals surface area contributed by atoms with Gasteiger partial charge in [-0.2, -0.15) is 5.26 Å². The third kappa shape index (κ3) is 3.08. The van der Waals surface area contributed by atoms with Crippen molar-refractivity contribution < 1.29 is 0 Å². The lowest BCUT2D eigenvalue weighted by atomic mass is 10.0. The van der Waals surface area contributed by atoms with Gasteiger partial charge in [-0.15, -0.1) is 0 Å². The van der Waals surface area contributed by atoms with Crippen molar-refractivity contribution in [3.05, 3.63) is 28.8 Å². The van der Waals surface area contributed by atoms with Crippen molar-refractivity contribution in [2.24, 2.45) is 0 Å². The molecule has 1 aromatic rings. The number of piperazine rings is 1. The summed E-state index contributed by atoms with van der Waals surface area (Å²) in [4.78, 5) is 2.44. The SMILES string of the molecule is Cc1cc(C)c(N2CC(C)NC(CC#N)C2)c(C)c1. The standard InChI is InChI=1S/C16H23N3/c1-11-7-12(2)16(13(3)8-11)19-9-14(4)18-15(10-19)5-6-17/h7-8,14-15,18H,5,9-10H2,1-4H3. The van der Waals surface area contributed by atoms with Crippen LogP contribution >= 0.6 is 0 Å². The van der Waals surface area contributed by atoms with Crippen LogP contribution in [0.2, 0.25) is 0 Å². The van der Waals surface area contributed by atoms with Crippen molar-refractivity contribution in [3.63, 3.8) is 0 Å². The van der Waals surface area contributed by atoms with E-state index in [0.29, 0.717) is 12.5 Å². The predicted octanol–water partition coefficient (Wildman–Crippen LogP) is 2.69. The number of nitrogens with zero attached hydrogens (tertiary/aromatic N) is 2. The Balaban J connectivity index is 2.28. The molecule has 0 bridgehead atoms. The highest BCUT2D eigenvalue weighted by molar-refractivity contribution is 5.60. The van der Waals surface area contributed by atoms with Crippen molar-refractivity contribution in [3.8, 4) is 6.07 Å². The molecule has 2 atom stereocenters. The first kappa shape index (κ1) is 13.9. The van der Waals surface area contributed by atoms with Gasteiger partial charge in [-0.1, -0.05) is 17.7 Å². The van der Waals surface area contributed by atoms with Crippen molar-refractivity contribution >= 4 is 5.69 Å². The Morgan fingerprint density at radius 2 is 1.89 bits per heavy atom. The molecule has 1 fully saturated rings. The highest BCUT2D eigenvalue weighted by atomic mass is 15.2. The number of aryl methyl sites for hydroxylation is 3. The third-order valence-electron chi connectivity index (χ3n) is 3.74. The van der Waals surface area contributed by atoms with Gasteiger partial charge in [-0.3, -0.25) is 0 Å². The summed E-state index contributed by atoms with van der Waals surface area (Å²) >= 11 is 0. The van der Waals surface area contributed by atoms with Crippen LogP contribution < -0.4 is 10.2 Å². The first-order chi connectivity index (χ1) is 9.01. The third-order valence-corrected chi connectivity index (χ3v) is 3.74. The van der Waals surface area contributed by atoms with E-state index in [-0.39, 0.29) is 6.04 Å². The lowest BCUT2D eigenvalue weighted by Crippen LogP contribution is -2.55. The van der Waals surface area contributed by atoms with Crippen molar-refractivity contribution in [2.45, 2.75) is 46.2 Å². The molecule has 1 aliphatic rings. The van der Waals surface area contributed by atoms with Gasteiger partial charge in [0.15, 0.2) is 0 Å². The van der Waals surface area contributed by atoms with E-state index in [4.69, 9.17) is 5.26 Å². The molecular weight excluding hydrogens is 234 g/mol.